The van der Waals surface area contributed by atoms with Gasteiger partial charge in [0.15, 0.2) is 11.6 Å². The third kappa shape index (κ3) is 3.66. The molecule has 1 aromatic heterocycles. The van der Waals surface area contributed by atoms with Crippen LogP contribution in [0.4, 0.5) is 8.78 Å². The molecule has 2 N–H and O–H groups in total. The van der Waals surface area contributed by atoms with E-state index in [0.29, 0.717) is 11.2 Å². The molecule has 3 rings (SSSR count). The predicted octanol–water partition coefficient (Wildman–Crippen LogP) is 2.94. The van der Waals surface area contributed by atoms with Crippen LogP contribution in [0.1, 0.15) is 16.1 Å². The minimum absolute atomic E-state index is 0.0944. The number of carbonyl (C=O) groups excluding carboxylic acids is 1. The number of rotatable bonds is 5. The largest absolute Gasteiger partial charge is 0.480 e. The molecule has 0 saturated heterocycles. The van der Waals surface area contributed by atoms with Gasteiger partial charge in [-0.2, -0.15) is 0 Å². The summed E-state index contributed by atoms with van der Waals surface area (Å²) >= 11 is 0. The van der Waals surface area contributed by atoms with Gasteiger partial charge < -0.3 is 10.4 Å². The number of carbonyl (C=O) groups is 2. The Bertz CT molecular complexity index is 991. The minimum atomic E-state index is -1.33. The lowest BCUT2D eigenvalue weighted by molar-refractivity contribution is -0.139. The third-order valence-electron chi connectivity index (χ3n) is 3.87. The van der Waals surface area contributed by atoms with Crippen molar-refractivity contribution in [2.24, 2.45) is 0 Å². The maximum absolute atomic E-state index is 13.7. The summed E-state index contributed by atoms with van der Waals surface area (Å²) < 4.78 is 27.0. The first-order valence-corrected chi connectivity index (χ1v) is 7.78. The fourth-order valence-corrected chi connectivity index (χ4v) is 2.55. The van der Waals surface area contributed by atoms with Crippen LogP contribution in [0.3, 0.4) is 0 Å². The molecule has 0 bridgehead atoms. The molecule has 0 aliphatic carbocycles. The van der Waals surface area contributed by atoms with Gasteiger partial charge in [0.2, 0.25) is 0 Å². The van der Waals surface area contributed by atoms with Crippen LogP contribution >= 0.6 is 0 Å². The number of fused-ring (bicyclic) bond motifs is 1. The van der Waals surface area contributed by atoms with E-state index in [1.807, 2.05) is 18.2 Å². The number of para-hydroxylation sites is 1. The average Bonchev–Trinajstić information content (AvgIpc) is 2.63. The van der Waals surface area contributed by atoms with Crippen LogP contribution in [-0.2, 0) is 11.2 Å². The van der Waals surface area contributed by atoms with Crippen LogP contribution in [0.15, 0.2) is 54.6 Å². The molecule has 132 valence electrons. The summed E-state index contributed by atoms with van der Waals surface area (Å²) in [6.45, 7) is 0. The summed E-state index contributed by atoms with van der Waals surface area (Å²) in [5, 5.41) is 12.5. The molecule has 2 aromatic carbocycles. The number of aromatic nitrogens is 1. The van der Waals surface area contributed by atoms with Crippen molar-refractivity contribution in [3.8, 4) is 0 Å². The van der Waals surface area contributed by atoms with Gasteiger partial charge in [0, 0.05) is 17.5 Å². The van der Waals surface area contributed by atoms with Crippen molar-refractivity contribution in [3.05, 3.63) is 77.5 Å². The molecule has 0 unspecified atom stereocenters. The number of amides is 1. The van der Waals surface area contributed by atoms with Crippen molar-refractivity contribution >= 4 is 22.8 Å². The van der Waals surface area contributed by atoms with E-state index in [4.69, 9.17) is 0 Å². The second-order valence-corrected chi connectivity index (χ2v) is 5.67. The summed E-state index contributed by atoms with van der Waals surface area (Å²) in [6.07, 6.45) is -0.0944. The van der Waals surface area contributed by atoms with Crippen LogP contribution < -0.4 is 5.32 Å². The Morgan fingerprint density at radius 3 is 2.58 bits per heavy atom. The molecule has 0 aliphatic rings. The van der Waals surface area contributed by atoms with Crippen LogP contribution in [0.2, 0.25) is 0 Å². The van der Waals surface area contributed by atoms with Crippen molar-refractivity contribution in [1.29, 1.82) is 0 Å². The normalized spacial score (nSPS) is 11.9. The number of benzene rings is 2. The lowest BCUT2D eigenvalue weighted by Crippen LogP contribution is -2.42. The van der Waals surface area contributed by atoms with Gasteiger partial charge in [0.1, 0.15) is 6.04 Å². The average molecular weight is 356 g/mol. The molecule has 0 radical (unpaired) electrons. The van der Waals surface area contributed by atoms with E-state index in [2.05, 4.69) is 10.3 Å². The van der Waals surface area contributed by atoms with Crippen LogP contribution in [-0.4, -0.2) is 28.0 Å². The first kappa shape index (κ1) is 17.5. The zero-order chi connectivity index (χ0) is 18.7. The fourth-order valence-electron chi connectivity index (χ4n) is 2.55. The summed E-state index contributed by atoms with van der Waals surface area (Å²) in [5.74, 6) is -4.81. The smallest absolute Gasteiger partial charge is 0.326 e. The number of pyridine rings is 1. The van der Waals surface area contributed by atoms with E-state index in [0.717, 1.165) is 17.5 Å². The molecule has 0 saturated carbocycles. The summed E-state index contributed by atoms with van der Waals surface area (Å²) in [6, 6.07) is 12.6. The van der Waals surface area contributed by atoms with E-state index in [1.54, 1.807) is 18.2 Å². The Labute approximate surface area is 147 Å². The third-order valence-corrected chi connectivity index (χ3v) is 3.87. The van der Waals surface area contributed by atoms with Gasteiger partial charge in [0.05, 0.1) is 11.1 Å². The van der Waals surface area contributed by atoms with Crippen molar-refractivity contribution in [1.82, 2.24) is 10.3 Å². The lowest BCUT2D eigenvalue weighted by Gasteiger charge is -2.15. The summed E-state index contributed by atoms with van der Waals surface area (Å²) in [7, 11) is 0. The minimum Gasteiger partial charge on any atom is -0.480 e. The fraction of sp³-hybridized carbons (Fsp3) is 0.105. The van der Waals surface area contributed by atoms with Gasteiger partial charge in [-0.05, 0) is 24.3 Å². The van der Waals surface area contributed by atoms with Crippen molar-refractivity contribution in [2.45, 2.75) is 12.5 Å². The second-order valence-electron chi connectivity index (χ2n) is 5.67. The summed E-state index contributed by atoms with van der Waals surface area (Å²) in [5.41, 5.74) is 0.593. The highest BCUT2D eigenvalue weighted by Crippen LogP contribution is 2.14. The van der Waals surface area contributed by atoms with E-state index < -0.39 is 35.1 Å². The lowest BCUT2D eigenvalue weighted by atomic mass is 10.1. The Kier molecular flexibility index (Phi) is 4.88. The number of halogens is 2. The van der Waals surface area contributed by atoms with Crippen LogP contribution in [0.5, 0.6) is 0 Å². The van der Waals surface area contributed by atoms with Crippen molar-refractivity contribution in [2.75, 3.05) is 0 Å². The second kappa shape index (κ2) is 7.26. The van der Waals surface area contributed by atoms with Crippen molar-refractivity contribution in [3.63, 3.8) is 0 Å². The zero-order valence-electron chi connectivity index (χ0n) is 13.4. The molecule has 5 nitrogen and oxygen atoms in total. The van der Waals surface area contributed by atoms with E-state index in [-0.39, 0.29) is 6.42 Å². The van der Waals surface area contributed by atoms with Crippen LogP contribution in [0.25, 0.3) is 10.9 Å². The topological polar surface area (TPSA) is 79.3 Å². The Hall–Kier alpha value is -3.35. The zero-order valence-corrected chi connectivity index (χ0v) is 13.4. The highest BCUT2D eigenvalue weighted by Gasteiger charge is 2.24. The van der Waals surface area contributed by atoms with E-state index in [1.165, 1.54) is 6.07 Å². The number of hydrogen-bond donors (Lipinski definition) is 2. The SMILES string of the molecule is O=C(N[C@H](Cc1ccc2ccccc2n1)C(=O)O)c1cccc(F)c1F. The maximum Gasteiger partial charge on any atom is 0.326 e. The molecular weight excluding hydrogens is 342 g/mol. The Balaban J connectivity index is 1.81. The van der Waals surface area contributed by atoms with E-state index in [9.17, 15) is 23.5 Å². The standard InChI is InChI=1S/C19H14F2N2O3/c20-14-6-3-5-13(17(14)21)18(24)23-16(19(25)26)10-12-9-8-11-4-1-2-7-15(11)22-12/h1-9,16H,10H2,(H,23,24)(H,25,26)/t16-/m1/s1. The van der Waals surface area contributed by atoms with Gasteiger partial charge in [-0.15, -0.1) is 0 Å². The van der Waals surface area contributed by atoms with Gasteiger partial charge in [-0.25, -0.2) is 13.6 Å². The Morgan fingerprint density at radius 1 is 1.04 bits per heavy atom. The molecule has 26 heavy (non-hydrogen) atoms. The Morgan fingerprint density at radius 2 is 1.81 bits per heavy atom. The number of carboxylic acid groups (broad SMARTS) is 1. The molecule has 0 aliphatic heterocycles. The monoisotopic (exact) mass is 356 g/mol. The molecule has 0 fully saturated rings. The van der Waals surface area contributed by atoms with Gasteiger partial charge >= 0.3 is 5.97 Å². The van der Waals surface area contributed by atoms with E-state index >= 15 is 0 Å². The number of hydrogen-bond acceptors (Lipinski definition) is 3. The highest BCUT2D eigenvalue weighted by molar-refractivity contribution is 5.96. The molecule has 0 spiro atoms. The number of nitrogens with zero attached hydrogens (tertiary/aromatic N) is 1. The number of carboxylic acids is 1. The van der Waals surface area contributed by atoms with Gasteiger partial charge in [-0.1, -0.05) is 30.3 Å². The molecule has 7 heteroatoms. The highest BCUT2D eigenvalue weighted by atomic mass is 19.2. The van der Waals surface area contributed by atoms with Gasteiger partial charge in [0.25, 0.3) is 5.91 Å². The maximum atomic E-state index is 13.7. The van der Waals surface area contributed by atoms with Gasteiger partial charge in [-0.3, -0.25) is 9.78 Å². The number of aliphatic carboxylic acids is 1. The predicted molar refractivity (Wildman–Crippen MR) is 90.7 cm³/mol. The molecular formula is C19H14F2N2O3. The molecule has 1 amide bonds. The molecule has 1 heterocycles. The molecule has 1 atom stereocenters. The number of nitrogens with one attached hydrogen (secondary N) is 1. The first-order valence-electron chi connectivity index (χ1n) is 7.78. The first-order chi connectivity index (χ1) is 12.5. The quantitative estimate of drug-likeness (QED) is 0.737. The molecule has 3 aromatic rings. The van der Waals surface area contributed by atoms with Crippen LogP contribution in [0, 0.1) is 11.6 Å². The summed E-state index contributed by atoms with van der Waals surface area (Å²) in [4.78, 5) is 28.0. The van der Waals surface area contributed by atoms with Crippen molar-refractivity contribution < 1.29 is 23.5 Å².